The zero-order chi connectivity index (χ0) is 13.9. The number of hydrogen-bond acceptors (Lipinski definition) is 4. The molecule has 3 rings (SSSR count). The van der Waals surface area contributed by atoms with Gasteiger partial charge in [0.25, 0.3) is 5.91 Å². The monoisotopic (exact) mass is 290 g/mol. The molecule has 1 aromatic carbocycles. The van der Waals surface area contributed by atoms with E-state index in [1.807, 2.05) is 0 Å². The molecular weight excluding hydrogens is 279 g/mol. The van der Waals surface area contributed by atoms with Gasteiger partial charge in [-0.15, -0.1) is 0 Å². The van der Waals surface area contributed by atoms with Gasteiger partial charge in [-0.25, -0.2) is 9.37 Å². The smallest absolute Gasteiger partial charge is 0.275 e. The van der Waals surface area contributed by atoms with Crippen LogP contribution >= 0.6 is 11.8 Å². The fourth-order valence-electron chi connectivity index (χ4n) is 1.84. The number of rotatable bonds is 2. The first kappa shape index (κ1) is 12.9. The lowest BCUT2D eigenvalue weighted by atomic mass is 10.3. The van der Waals surface area contributed by atoms with E-state index < -0.39 is 0 Å². The van der Waals surface area contributed by atoms with Crippen molar-refractivity contribution in [1.82, 2.24) is 14.9 Å². The van der Waals surface area contributed by atoms with E-state index >= 15 is 0 Å². The summed E-state index contributed by atoms with van der Waals surface area (Å²) in [4.78, 5) is 20.3. The third kappa shape index (κ3) is 2.57. The van der Waals surface area contributed by atoms with E-state index in [0.29, 0.717) is 16.5 Å². The molecule has 0 saturated heterocycles. The minimum Gasteiger partial charge on any atom is -0.300 e. The Hall–Kier alpha value is -2.15. The first-order valence-electron chi connectivity index (χ1n) is 6.01. The summed E-state index contributed by atoms with van der Waals surface area (Å²) in [5.74, 6) is 0.281. The normalized spacial score (nSPS) is 14.2. The Morgan fingerprint density at radius 2 is 2.15 bits per heavy atom. The van der Waals surface area contributed by atoms with Crippen LogP contribution in [0.15, 0.2) is 41.8 Å². The van der Waals surface area contributed by atoms with Gasteiger partial charge in [0.05, 0.1) is 19.1 Å². The highest BCUT2D eigenvalue weighted by Gasteiger charge is 2.16. The maximum Gasteiger partial charge on any atom is 0.275 e. The molecule has 5 nitrogen and oxygen atoms in total. The lowest BCUT2D eigenvalue weighted by molar-refractivity contribution is 0.0971. The van der Waals surface area contributed by atoms with Crippen molar-refractivity contribution in [3.8, 4) is 5.69 Å². The zero-order valence-electron chi connectivity index (χ0n) is 10.4. The van der Waals surface area contributed by atoms with Gasteiger partial charge in [-0.05, 0) is 24.3 Å². The van der Waals surface area contributed by atoms with Gasteiger partial charge in [0.15, 0.2) is 5.17 Å². The van der Waals surface area contributed by atoms with Crippen molar-refractivity contribution in [2.24, 2.45) is 4.99 Å². The quantitative estimate of drug-likeness (QED) is 0.918. The van der Waals surface area contributed by atoms with Crippen LogP contribution in [0.4, 0.5) is 4.39 Å². The van der Waals surface area contributed by atoms with Crippen molar-refractivity contribution in [3.63, 3.8) is 0 Å². The van der Waals surface area contributed by atoms with Crippen LogP contribution < -0.4 is 5.32 Å². The first-order valence-corrected chi connectivity index (χ1v) is 6.99. The molecule has 1 amide bonds. The summed E-state index contributed by atoms with van der Waals surface area (Å²) in [7, 11) is 0. The van der Waals surface area contributed by atoms with Crippen LogP contribution in [0.2, 0.25) is 0 Å². The molecule has 1 aliphatic heterocycles. The second-order valence-corrected chi connectivity index (χ2v) is 5.20. The number of carbonyl (C=O) groups is 1. The van der Waals surface area contributed by atoms with Crippen molar-refractivity contribution in [3.05, 3.63) is 48.3 Å². The molecule has 0 unspecified atom stereocenters. The summed E-state index contributed by atoms with van der Waals surface area (Å²) in [5, 5.41) is 3.37. The van der Waals surface area contributed by atoms with Crippen LogP contribution in [0.25, 0.3) is 5.69 Å². The molecule has 0 spiro atoms. The van der Waals surface area contributed by atoms with E-state index in [-0.39, 0.29) is 11.7 Å². The van der Waals surface area contributed by atoms with E-state index in [4.69, 9.17) is 0 Å². The predicted molar refractivity (Wildman–Crippen MR) is 75.7 cm³/mol. The molecule has 1 aliphatic rings. The Kier molecular flexibility index (Phi) is 3.51. The minimum absolute atomic E-state index is 0.278. The number of amidine groups is 1. The number of thioether (sulfide) groups is 1. The number of carbonyl (C=O) groups excluding carboxylic acids is 1. The van der Waals surface area contributed by atoms with E-state index in [9.17, 15) is 9.18 Å². The van der Waals surface area contributed by atoms with Gasteiger partial charge in [0, 0.05) is 11.4 Å². The van der Waals surface area contributed by atoms with Crippen LogP contribution in [0, 0.1) is 5.82 Å². The number of amides is 1. The highest BCUT2D eigenvalue weighted by Crippen LogP contribution is 2.14. The lowest BCUT2D eigenvalue weighted by Crippen LogP contribution is -2.29. The lowest BCUT2D eigenvalue weighted by Gasteiger charge is -2.08. The minimum atomic E-state index is -0.323. The number of aromatic nitrogens is 2. The van der Waals surface area contributed by atoms with Crippen molar-refractivity contribution in [2.75, 3.05) is 12.3 Å². The Morgan fingerprint density at radius 1 is 1.35 bits per heavy atom. The molecule has 1 aromatic heterocycles. The number of halogens is 1. The fourth-order valence-corrected chi connectivity index (χ4v) is 2.57. The third-order valence-corrected chi connectivity index (χ3v) is 3.67. The zero-order valence-corrected chi connectivity index (χ0v) is 11.2. The molecule has 0 saturated carbocycles. The molecule has 0 radical (unpaired) electrons. The number of hydrogen-bond donors (Lipinski definition) is 1. The number of aliphatic imine (C=N–C) groups is 1. The standard InChI is InChI=1S/C13H11FN4OS/c14-9-1-3-10(4-2-9)18-8-15-7-11(18)12(19)17-13-16-5-6-20-13/h1-4,7-8H,5-6H2,(H,16,17,19). The largest absolute Gasteiger partial charge is 0.300 e. The maximum absolute atomic E-state index is 12.9. The highest BCUT2D eigenvalue weighted by molar-refractivity contribution is 8.14. The number of nitrogens with one attached hydrogen (secondary N) is 1. The Labute approximate surface area is 118 Å². The third-order valence-electron chi connectivity index (χ3n) is 2.78. The molecule has 102 valence electrons. The van der Waals surface area contributed by atoms with Crippen LogP contribution in [0.3, 0.4) is 0 Å². The Morgan fingerprint density at radius 3 is 2.85 bits per heavy atom. The summed E-state index contributed by atoms with van der Waals surface area (Å²) < 4.78 is 14.5. The maximum atomic E-state index is 12.9. The van der Waals surface area contributed by atoms with Gasteiger partial charge in [-0.2, -0.15) is 0 Å². The van der Waals surface area contributed by atoms with Crippen LogP contribution in [-0.2, 0) is 0 Å². The fraction of sp³-hybridized carbons (Fsp3) is 0.154. The van der Waals surface area contributed by atoms with Gasteiger partial charge in [0.1, 0.15) is 11.5 Å². The average molecular weight is 290 g/mol. The molecule has 20 heavy (non-hydrogen) atoms. The van der Waals surface area contributed by atoms with E-state index in [1.54, 1.807) is 16.7 Å². The van der Waals surface area contributed by atoms with Gasteiger partial charge in [0.2, 0.25) is 0 Å². The summed E-state index contributed by atoms with van der Waals surface area (Å²) in [6.45, 7) is 0.720. The summed E-state index contributed by atoms with van der Waals surface area (Å²) in [5.41, 5.74) is 1.06. The van der Waals surface area contributed by atoms with Gasteiger partial charge >= 0.3 is 0 Å². The topological polar surface area (TPSA) is 59.3 Å². The van der Waals surface area contributed by atoms with E-state index in [1.165, 1.54) is 36.4 Å². The van der Waals surface area contributed by atoms with Crippen LogP contribution in [0.1, 0.15) is 10.5 Å². The van der Waals surface area contributed by atoms with Crippen molar-refractivity contribution < 1.29 is 9.18 Å². The summed E-state index contributed by atoms with van der Waals surface area (Å²) in [6.07, 6.45) is 2.99. The molecule has 2 heterocycles. The van der Waals surface area contributed by atoms with Crippen molar-refractivity contribution >= 4 is 22.8 Å². The number of benzene rings is 1. The van der Waals surface area contributed by atoms with Crippen LogP contribution in [-0.4, -0.2) is 32.9 Å². The summed E-state index contributed by atoms with van der Waals surface area (Å²) >= 11 is 1.51. The second-order valence-electron chi connectivity index (χ2n) is 4.11. The highest BCUT2D eigenvalue weighted by atomic mass is 32.2. The molecule has 7 heteroatoms. The Bertz CT molecular complexity index is 665. The predicted octanol–water partition coefficient (Wildman–Crippen LogP) is 1.84. The number of nitrogens with zero attached hydrogens (tertiary/aromatic N) is 3. The second kappa shape index (κ2) is 5.46. The molecule has 0 atom stereocenters. The van der Waals surface area contributed by atoms with Gasteiger partial charge in [-0.1, -0.05) is 11.8 Å². The number of imidazole rings is 1. The molecule has 2 aromatic rings. The summed E-state index contributed by atoms with van der Waals surface area (Å²) in [6, 6.07) is 5.87. The van der Waals surface area contributed by atoms with E-state index in [2.05, 4.69) is 15.3 Å². The molecular formula is C13H11FN4OS. The van der Waals surface area contributed by atoms with Crippen molar-refractivity contribution in [1.29, 1.82) is 0 Å². The molecule has 1 N–H and O–H groups in total. The first-order chi connectivity index (χ1) is 9.74. The van der Waals surface area contributed by atoms with E-state index in [0.717, 1.165) is 12.3 Å². The van der Waals surface area contributed by atoms with Gasteiger partial charge < -0.3 is 0 Å². The van der Waals surface area contributed by atoms with Crippen molar-refractivity contribution in [2.45, 2.75) is 0 Å². The molecule has 0 aliphatic carbocycles. The van der Waals surface area contributed by atoms with Crippen LogP contribution in [0.5, 0.6) is 0 Å². The SMILES string of the molecule is O=C(NC1=NCCS1)c1cncn1-c1ccc(F)cc1. The average Bonchev–Trinajstić information content (AvgIpc) is 3.10. The Balaban J connectivity index is 1.85. The molecule has 0 fully saturated rings. The van der Waals surface area contributed by atoms with Gasteiger partial charge in [-0.3, -0.25) is 19.7 Å². The molecule has 0 bridgehead atoms.